The van der Waals surface area contributed by atoms with Crippen LogP contribution in [0.1, 0.15) is 18.9 Å². The van der Waals surface area contributed by atoms with E-state index in [9.17, 15) is 13.2 Å². The van der Waals surface area contributed by atoms with Crippen LogP contribution in [0.3, 0.4) is 0 Å². The lowest BCUT2D eigenvalue weighted by Gasteiger charge is -2.05. The molecule has 0 saturated heterocycles. The molecule has 0 radical (unpaired) electrons. The van der Waals surface area contributed by atoms with Crippen LogP contribution >= 0.6 is 0 Å². The maximum atomic E-state index is 11.7. The second kappa shape index (κ2) is 6.32. The highest BCUT2D eigenvalue weighted by Crippen LogP contribution is 2.11. The quantitative estimate of drug-likeness (QED) is 0.766. The van der Waals surface area contributed by atoms with Crippen molar-refractivity contribution >= 4 is 22.1 Å². The van der Waals surface area contributed by atoms with Gasteiger partial charge in [-0.2, -0.15) is 0 Å². The van der Waals surface area contributed by atoms with Crippen LogP contribution < -0.4 is 4.72 Å². The third kappa shape index (κ3) is 4.31. The smallest absolute Gasteiger partial charge is 0.328 e. The molecule has 0 saturated carbocycles. The lowest BCUT2D eigenvalue weighted by Crippen LogP contribution is -2.24. The number of carbonyl (C=O) groups is 1. The molecule has 0 aliphatic rings. The Morgan fingerprint density at radius 2 is 1.94 bits per heavy atom. The summed E-state index contributed by atoms with van der Waals surface area (Å²) in [6.45, 7) is 2.27. The minimum absolute atomic E-state index is 0.170. The zero-order valence-electron chi connectivity index (χ0n) is 9.96. The van der Waals surface area contributed by atoms with Gasteiger partial charge in [-0.25, -0.2) is 17.9 Å². The second-order valence-corrected chi connectivity index (χ2v) is 5.41. The number of rotatable bonds is 6. The molecule has 0 atom stereocenters. The summed E-state index contributed by atoms with van der Waals surface area (Å²) in [4.78, 5) is 10.5. The average Bonchev–Trinajstić information content (AvgIpc) is 2.34. The highest BCUT2D eigenvalue weighted by molar-refractivity contribution is 7.89. The van der Waals surface area contributed by atoms with E-state index in [-0.39, 0.29) is 4.90 Å². The molecule has 0 spiro atoms. The van der Waals surface area contributed by atoms with Crippen LogP contribution in [0.15, 0.2) is 35.2 Å². The van der Waals surface area contributed by atoms with Gasteiger partial charge in [0.15, 0.2) is 0 Å². The summed E-state index contributed by atoms with van der Waals surface area (Å²) in [6.07, 6.45) is 3.12. The van der Waals surface area contributed by atoms with Gasteiger partial charge in [0.25, 0.3) is 0 Å². The van der Waals surface area contributed by atoms with Gasteiger partial charge in [0.05, 0.1) is 4.90 Å². The first-order valence-corrected chi connectivity index (χ1v) is 6.95. The molecule has 1 aromatic rings. The number of carboxylic acid groups (broad SMARTS) is 1. The first kappa shape index (κ1) is 14.4. The molecule has 98 valence electrons. The van der Waals surface area contributed by atoms with E-state index in [2.05, 4.69) is 4.72 Å². The third-order valence-electron chi connectivity index (χ3n) is 2.15. The first-order valence-electron chi connectivity index (χ1n) is 5.46. The number of aliphatic carboxylic acids is 1. The van der Waals surface area contributed by atoms with Crippen LogP contribution in [0.5, 0.6) is 0 Å². The van der Waals surface area contributed by atoms with Crippen molar-refractivity contribution in [3.63, 3.8) is 0 Å². The van der Waals surface area contributed by atoms with Crippen molar-refractivity contribution in [1.82, 2.24) is 4.72 Å². The number of hydrogen-bond donors (Lipinski definition) is 2. The second-order valence-electron chi connectivity index (χ2n) is 3.64. The number of benzene rings is 1. The molecule has 0 unspecified atom stereocenters. The number of hydrogen-bond acceptors (Lipinski definition) is 3. The molecule has 1 rings (SSSR count). The van der Waals surface area contributed by atoms with E-state index in [1.54, 1.807) is 12.1 Å². The summed E-state index contributed by atoms with van der Waals surface area (Å²) >= 11 is 0. The molecule has 0 aromatic heterocycles. The highest BCUT2D eigenvalue weighted by Gasteiger charge is 2.11. The fourth-order valence-electron chi connectivity index (χ4n) is 1.25. The molecule has 1 aromatic carbocycles. The third-order valence-corrected chi connectivity index (χ3v) is 3.63. The lowest BCUT2D eigenvalue weighted by molar-refractivity contribution is -0.131. The summed E-state index contributed by atoms with van der Waals surface area (Å²) < 4.78 is 25.9. The predicted molar refractivity (Wildman–Crippen MR) is 68.6 cm³/mol. The van der Waals surface area contributed by atoms with Crippen molar-refractivity contribution < 1.29 is 18.3 Å². The van der Waals surface area contributed by atoms with Crippen LogP contribution in [-0.4, -0.2) is 26.0 Å². The number of carboxylic acids is 1. The van der Waals surface area contributed by atoms with Crippen molar-refractivity contribution in [1.29, 1.82) is 0 Å². The summed E-state index contributed by atoms with van der Waals surface area (Å²) in [7, 11) is -3.46. The molecular formula is C12H15NO4S. The molecule has 0 bridgehead atoms. The van der Waals surface area contributed by atoms with Gasteiger partial charge in [-0.05, 0) is 30.2 Å². The average molecular weight is 269 g/mol. The van der Waals surface area contributed by atoms with E-state index in [4.69, 9.17) is 5.11 Å². The Balaban J connectivity index is 2.86. The fraction of sp³-hybridized carbons (Fsp3) is 0.250. The van der Waals surface area contributed by atoms with Crippen molar-refractivity contribution in [3.8, 4) is 0 Å². The van der Waals surface area contributed by atoms with Crippen LogP contribution in [0, 0.1) is 0 Å². The van der Waals surface area contributed by atoms with Crippen molar-refractivity contribution in [2.45, 2.75) is 18.2 Å². The van der Waals surface area contributed by atoms with Gasteiger partial charge in [-0.1, -0.05) is 19.1 Å². The van der Waals surface area contributed by atoms with Gasteiger partial charge in [0.1, 0.15) is 0 Å². The van der Waals surface area contributed by atoms with Gasteiger partial charge in [0.2, 0.25) is 10.0 Å². The molecular weight excluding hydrogens is 254 g/mol. The van der Waals surface area contributed by atoms with Gasteiger partial charge in [0, 0.05) is 12.6 Å². The zero-order chi connectivity index (χ0) is 13.6. The standard InChI is InChI=1S/C12H15NO4S/c1-2-9-13-18(16,17)11-6-3-10(4-7-11)5-8-12(14)15/h3-8,13H,2,9H2,1H3,(H,14,15). The first-order chi connectivity index (χ1) is 8.45. The van der Waals surface area contributed by atoms with Crippen LogP contribution in [0.4, 0.5) is 0 Å². The molecule has 5 nitrogen and oxygen atoms in total. The summed E-state index contributed by atoms with van der Waals surface area (Å²) in [5.74, 6) is -1.05. The molecule has 0 amide bonds. The Hall–Kier alpha value is -1.66. The Morgan fingerprint density at radius 3 is 2.44 bits per heavy atom. The normalized spacial score (nSPS) is 11.8. The van der Waals surface area contributed by atoms with Crippen LogP contribution in [0.2, 0.25) is 0 Å². The van der Waals surface area contributed by atoms with E-state index in [0.29, 0.717) is 12.1 Å². The van der Waals surface area contributed by atoms with Gasteiger partial charge in [-0.3, -0.25) is 0 Å². The summed E-state index contributed by atoms with van der Waals surface area (Å²) in [6, 6.07) is 6.00. The number of nitrogens with one attached hydrogen (secondary N) is 1. The van der Waals surface area contributed by atoms with E-state index >= 15 is 0 Å². The van der Waals surface area contributed by atoms with E-state index in [0.717, 1.165) is 12.5 Å². The SMILES string of the molecule is CCCNS(=O)(=O)c1ccc(C=CC(=O)O)cc1. The topological polar surface area (TPSA) is 83.5 Å². The van der Waals surface area contributed by atoms with Gasteiger partial charge < -0.3 is 5.11 Å². The maximum Gasteiger partial charge on any atom is 0.328 e. The van der Waals surface area contributed by atoms with Crippen molar-refractivity contribution in [3.05, 3.63) is 35.9 Å². The van der Waals surface area contributed by atoms with Gasteiger partial charge in [-0.15, -0.1) is 0 Å². The van der Waals surface area contributed by atoms with E-state index in [1.165, 1.54) is 18.2 Å². The highest BCUT2D eigenvalue weighted by atomic mass is 32.2. The maximum absolute atomic E-state index is 11.7. The van der Waals surface area contributed by atoms with Crippen LogP contribution in [0.25, 0.3) is 6.08 Å². The van der Waals surface area contributed by atoms with Crippen LogP contribution in [-0.2, 0) is 14.8 Å². The largest absolute Gasteiger partial charge is 0.478 e. The predicted octanol–water partition coefficient (Wildman–Crippen LogP) is 1.47. The molecule has 0 heterocycles. The molecule has 0 aliphatic heterocycles. The molecule has 6 heteroatoms. The zero-order valence-corrected chi connectivity index (χ0v) is 10.8. The van der Waals surface area contributed by atoms with Gasteiger partial charge >= 0.3 is 5.97 Å². The minimum Gasteiger partial charge on any atom is -0.478 e. The Kier molecular flexibility index (Phi) is 5.06. The molecule has 0 aliphatic carbocycles. The van der Waals surface area contributed by atoms with E-state index < -0.39 is 16.0 Å². The summed E-state index contributed by atoms with van der Waals surface area (Å²) in [5.41, 5.74) is 0.631. The molecule has 2 N–H and O–H groups in total. The monoisotopic (exact) mass is 269 g/mol. The number of sulfonamides is 1. The summed E-state index contributed by atoms with van der Waals surface area (Å²) in [5, 5.41) is 8.46. The van der Waals surface area contributed by atoms with Crippen molar-refractivity contribution in [2.24, 2.45) is 0 Å². The molecule has 18 heavy (non-hydrogen) atoms. The van der Waals surface area contributed by atoms with E-state index in [1.807, 2.05) is 6.92 Å². The lowest BCUT2D eigenvalue weighted by atomic mass is 10.2. The molecule has 0 fully saturated rings. The fourth-order valence-corrected chi connectivity index (χ4v) is 2.38. The Labute approximate surface area is 106 Å². The minimum atomic E-state index is -3.46. The Bertz CT molecular complexity index is 532. The van der Waals surface area contributed by atoms with Crippen molar-refractivity contribution in [2.75, 3.05) is 6.54 Å². The Morgan fingerprint density at radius 1 is 1.33 bits per heavy atom.